The van der Waals surface area contributed by atoms with Crippen molar-refractivity contribution in [2.24, 2.45) is 0 Å². The van der Waals surface area contributed by atoms with Crippen LogP contribution in [0.15, 0.2) is 24.8 Å². The van der Waals surface area contributed by atoms with Gasteiger partial charge in [-0.3, -0.25) is 0 Å². The Labute approximate surface area is 91.6 Å². The van der Waals surface area contributed by atoms with E-state index in [-0.39, 0.29) is 0 Å². The Morgan fingerprint density at radius 2 is 1.94 bits per heavy atom. The highest BCUT2D eigenvalue weighted by Gasteiger charge is 2.15. The molecule has 1 aliphatic rings. The first-order chi connectivity index (χ1) is 7.84. The second-order valence-corrected chi connectivity index (χ2v) is 3.39. The van der Waals surface area contributed by atoms with E-state index >= 15 is 0 Å². The number of fused-ring (bicyclic) bond motifs is 1. The third-order valence-electron chi connectivity index (χ3n) is 2.36. The van der Waals surface area contributed by atoms with Gasteiger partial charge in [-0.2, -0.15) is 5.10 Å². The smallest absolute Gasteiger partial charge is 0.163 e. The summed E-state index contributed by atoms with van der Waals surface area (Å²) in [5, 5.41) is 4.03. The minimum Gasteiger partial charge on any atom is -0.486 e. The lowest BCUT2D eigenvalue weighted by molar-refractivity contribution is 0.171. The van der Waals surface area contributed by atoms with Gasteiger partial charge in [-0.1, -0.05) is 0 Å². The zero-order valence-electron chi connectivity index (χ0n) is 8.46. The van der Waals surface area contributed by atoms with Gasteiger partial charge >= 0.3 is 0 Å². The number of hydrogen-bond acceptors (Lipinski definition) is 5. The van der Waals surface area contributed by atoms with Crippen LogP contribution in [0.1, 0.15) is 0 Å². The van der Waals surface area contributed by atoms with Gasteiger partial charge in [0, 0.05) is 12.1 Å². The summed E-state index contributed by atoms with van der Waals surface area (Å²) in [6.45, 7) is 1.10. The van der Waals surface area contributed by atoms with Gasteiger partial charge in [0.05, 0.1) is 11.4 Å². The van der Waals surface area contributed by atoms with Crippen molar-refractivity contribution >= 4 is 5.69 Å². The lowest BCUT2D eigenvalue weighted by Crippen LogP contribution is -2.16. The van der Waals surface area contributed by atoms with Crippen LogP contribution in [0, 0.1) is 0 Å². The van der Waals surface area contributed by atoms with E-state index in [9.17, 15) is 0 Å². The van der Waals surface area contributed by atoms with Gasteiger partial charge < -0.3 is 15.2 Å². The van der Waals surface area contributed by atoms with Crippen molar-refractivity contribution in [3.8, 4) is 17.2 Å². The molecule has 0 radical (unpaired) electrons. The Balaban J connectivity index is 2.12. The van der Waals surface area contributed by atoms with E-state index in [1.165, 1.54) is 6.33 Å². The van der Waals surface area contributed by atoms with Crippen LogP contribution in [-0.2, 0) is 0 Å². The van der Waals surface area contributed by atoms with Crippen molar-refractivity contribution in [3.05, 3.63) is 24.8 Å². The number of nitrogens with zero attached hydrogens (tertiary/aromatic N) is 3. The van der Waals surface area contributed by atoms with Crippen LogP contribution in [0.4, 0.5) is 5.69 Å². The maximum absolute atomic E-state index is 5.91. The van der Waals surface area contributed by atoms with E-state index in [0.717, 1.165) is 5.69 Å². The second-order valence-electron chi connectivity index (χ2n) is 3.39. The number of hydrogen-bond donors (Lipinski definition) is 1. The molecule has 2 heterocycles. The van der Waals surface area contributed by atoms with Gasteiger partial charge in [0.25, 0.3) is 0 Å². The van der Waals surface area contributed by atoms with Gasteiger partial charge in [-0.15, -0.1) is 0 Å². The highest BCUT2D eigenvalue weighted by molar-refractivity contribution is 5.65. The van der Waals surface area contributed by atoms with Crippen molar-refractivity contribution in [1.29, 1.82) is 0 Å². The summed E-state index contributed by atoms with van der Waals surface area (Å²) in [6, 6.07) is 3.55. The Bertz CT molecular complexity index is 510. The predicted molar refractivity (Wildman–Crippen MR) is 56.8 cm³/mol. The van der Waals surface area contributed by atoms with E-state index in [4.69, 9.17) is 15.2 Å². The first-order valence-corrected chi connectivity index (χ1v) is 4.89. The lowest BCUT2D eigenvalue weighted by atomic mass is 10.2. The highest BCUT2D eigenvalue weighted by atomic mass is 16.6. The van der Waals surface area contributed by atoms with Crippen molar-refractivity contribution < 1.29 is 9.47 Å². The van der Waals surface area contributed by atoms with Gasteiger partial charge in [0.15, 0.2) is 11.5 Å². The van der Waals surface area contributed by atoms with Gasteiger partial charge in [-0.25, -0.2) is 9.67 Å². The number of nitrogens with two attached hydrogens (primary N) is 1. The summed E-state index contributed by atoms with van der Waals surface area (Å²) in [7, 11) is 0. The average Bonchev–Trinajstić information content (AvgIpc) is 2.81. The molecule has 0 atom stereocenters. The van der Waals surface area contributed by atoms with Crippen molar-refractivity contribution in [1.82, 2.24) is 14.8 Å². The third kappa shape index (κ3) is 1.35. The van der Waals surface area contributed by atoms with Crippen LogP contribution < -0.4 is 15.2 Å². The van der Waals surface area contributed by atoms with Crippen molar-refractivity contribution in [2.45, 2.75) is 0 Å². The van der Waals surface area contributed by atoms with Gasteiger partial charge in [-0.05, 0) is 0 Å². The van der Waals surface area contributed by atoms with E-state index in [0.29, 0.717) is 30.4 Å². The van der Waals surface area contributed by atoms with E-state index < -0.39 is 0 Å². The molecule has 0 spiro atoms. The van der Waals surface area contributed by atoms with Crippen LogP contribution >= 0.6 is 0 Å². The number of ether oxygens (including phenoxy) is 2. The molecule has 1 aromatic carbocycles. The molecule has 82 valence electrons. The molecule has 2 aromatic rings. The summed E-state index contributed by atoms with van der Waals surface area (Å²) in [4.78, 5) is 3.88. The maximum atomic E-state index is 5.91. The zero-order valence-corrected chi connectivity index (χ0v) is 8.46. The number of rotatable bonds is 1. The normalized spacial score (nSPS) is 13.8. The number of nitrogen functional groups attached to an aromatic ring is 1. The Morgan fingerprint density at radius 3 is 2.62 bits per heavy atom. The minimum atomic E-state index is 0.549. The molecular weight excluding hydrogens is 208 g/mol. The summed E-state index contributed by atoms with van der Waals surface area (Å²) in [5.74, 6) is 1.36. The number of benzene rings is 1. The highest BCUT2D eigenvalue weighted by Crippen LogP contribution is 2.35. The van der Waals surface area contributed by atoms with Gasteiger partial charge in [0.1, 0.15) is 25.9 Å². The lowest BCUT2D eigenvalue weighted by Gasteiger charge is -2.19. The van der Waals surface area contributed by atoms with Gasteiger partial charge in [0.2, 0.25) is 0 Å². The molecule has 16 heavy (non-hydrogen) atoms. The summed E-state index contributed by atoms with van der Waals surface area (Å²) >= 11 is 0. The molecular formula is C10H10N4O2. The fourth-order valence-electron chi connectivity index (χ4n) is 1.62. The number of anilines is 1. The van der Waals surface area contributed by atoms with Crippen LogP contribution in [0.25, 0.3) is 5.69 Å². The van der Waals surface area contributed by atoms with Crippen LogP contribution in [-0.4, -0.2) is 28.0 Å². The molecule has 6 heteroatoms. The SMILES string of the molecule is Nc1cc2c(cc1-n1cncn1)OCCO2. The van der Waals surface area contributed by atoms with Crippen LogP contribution in [0.2, 0.25) is 0 Å². The molecule has 0 unspecified atom stereocenters. The molecule has 3 rings (SSSR count). The molecule has 0 saturated heterocycles. The molecule has 6 nitrogen and oxygen atoms in total. The quantitative estimate of drug-likeness (QED) is 0.710. The molecule has 0 bridgehead atoms. The van der Waals surface area contributed by atoms with Crippen LogP contribution in [0.5, 0.6) is 11.5 Å². The second kappa shape index (κ2) is 3.41. The first-order valence-electron chi connectivity index (χ1n) is 4.89. The minimum absolute atomic E-state index is 0.549. The summed E-state index contributed by atoms with van der Waals surface area (Å²) < 4.78 is 12.5. The molecule has 2 N–H and O–H groups in total. The number of aromatic nitrogens is 3. The average molecular weight is 218 g/mol. The Morgan fingerprint density at radius 1 is 1.19 bits per heavy atom. The molecule has 1 aliphatic heterocycles. The third-order valence-corrected chi connectivity index (χ3v) is 2.36. The molecule has 0 fully saturated rings. The molecule has 0 saturated carbocycles. The maximum Gasteiger partial charge on any atom is 0.163 e. The largest absolute Gasteiger partial charge is 0.486 e. The molecule has 0 aliphatic carbocycles. The van der Waals surface area contributed by atoms with E-state index in [1.807, 2.05) is 0 Å². The van der Waals surface area contributed by atoms with Crippen LogP contribution in [0.3, 0.4) is 0 Å². The monoisotopic (exact) mass is 218 g/mol. The van der Waals surface area contributed by atoms with Crippen molar-refractivity contribution in [2.75, 3.05) is 18.9 Å². The first kappa shape index (κ1) is 9.02. The van der Waals surface area contributed by atoms with E-state index in [2.05, 4.69) is 10.1 Å². The standard InChI is InChI=1S/C10H10N4O2/c11-7-3-9-10(16-2-1-15-9)4-8(7)14-6-12-5-13-14/h3-6H,1-2,11H2. The predicted octanol–water partition coefficient (Wildman–Crippen LogP) is 0.621. The fourth-order valence-corrected chi connectivity index (χ4v) is 1.62. The van der Waals surface area contributed by atoms with Crippen molar-refractivity contribution in [3.63, 3.8) is 0 Å². The Hall–Kier alpha value is -2.24. The summed E-state index contributed by atoms with van der Waals surface area (Å²) in [5.41, 5.74) is 7.23. The summed E-state index contributed by atoms with van der Waals surface area (Å²) in [6.07, 6.45) is 3.04. The fraction of sp³-hybridized carbons (Fsp3) is 0.200. The topological polar surface area (TPSA) is 75.2 Å². The Kier molecular flexibility index (Phi) is 1.92. The molecule has 0 amide bonds. The molecule has 1 aromatic heterocycles. The zero-order chi connectivity index (χ0) is 11.0. The van der Waals surface area contributed by atoms with E-state index in [1.54, 1.807) is 23.1 Å².